The van der Waals surface area contributed by atoms with Crippen molar-refractivity contribution in [1.82, 2.24) is 0 Å². The topological polar surface area (TPSA) is 20.2 Å². The van der Waals surface area contributed by atoms with Gasteiger partial charge in [-0.3, -0.25) is 0 Å². The number of hydrogen-bond acceptors (Lipinski definition) is 1. The molecular weight excluding hydrogens is 136 g/mol. The highest BCUT2D eigenvalue weighted by molar-refractivity contribution is 5.12. The first-order valence-electron chi connectivity index (χ1n) is 4.74. The van der Waals surface area contributed by atoms with E-state index in [9.17, 15) is 5.11 Å². The molecule has 4 unspecified atom stereocenters. The molecule has 0 aliphatic heterocycles. The Bertz CT molecular complexity index is 176. The molecule has 0 aromatic heterocycles. The van der Waals surface area contributed by atoms with E-state index in [0.29, 0.717) is 5.41 Å². The predicted molar refractivity (Wildman–Crippen MR) is 45.2 cm³/mol. The molecule has 2 fully saturated rings. The number of fused-ring (bicyclic) bond motifs is 1. The number of rotatable bonds is 1. The van der Waals surface area contributed by atoms with Gasteiger partial charge in [0.1, 0.15) is 0 Å². The highest BCUT2D eigenvalue weighted by Crippen LogP contribution is 2.67. The predicted octanol–water partition coefficient (Wildman–Crippen LogP) is 2.05. The second-order valence-corrected chi connectivity index (χ2v) is 4.98. The van der Waals surface area contributed by atoms with Crippen LogP contribution in [-0.2, 0) is 0 Å². The molecule has 1 N–H and O–H groups in total. The van der Waals surface area contributed by atoms with Crippen molar-refractivity contribution in [3.05, 3.63) is 0 Å². The minimum Gasteiger partial charge on any atom is -0.393 e. The normalized spacial score (nSPS) is 54.8. The van der Waals surface area contributed by atoms with Crippen molar-refractivity contribution in [3.63, 3.8) is 0 Å². The monoisotopic (exact) mass is 154 g/mol. The van der Waals surface area contributed by atoms with Crippen molar-refractivity contribution in [2.45, 2.75) is 39.7 Å². The van der Waals surface area contributed by atoms with Crippen LogP contribution in [0.4, 0.5) is 0 Å². The summed E-state index contributed by atoms with van der Waals surface area (Å²) in [6, 6.07) is 0. The van der Waals surface area contributed by atoms with Gasteiger partial charge in [0.05, 0.1) is 6.10 Å². The van der Waals surface area contributed by atoms with E-state index in [4.69, 9.17) is 0 Å². The van der Waals surface area contributed by atoms with Crippen LogP contribution in [0.1, 0.15) is 33.6 Å². The molecule has 2 rings (SSSR count). The van der Waals surface area contributed by atoms with Crippen LogP contribution < -0.4 is 0 Å². The van der Waals surface area contributed by atoms with Gasteiger partial charge in [0.2, 0.25) is 0 Å². The number of aliphatic hydroxyl groups is 1. The summed E-state index contributed by atoms with van der Waals surface area (Å²) in [5.41, 5.74) is 0.328. The van der Waals surface area contributed by atoms with Crippen LogP contribution in [-0.4, -0.2) is 11.2 Å². The number of aliphatic hydroxyl groups excluding tert-OH is 1. The summed E-state index contributed by atoms with van der Waals surface area (Å²) in [7, 11) is 0. The van der Waals surface area contributed by atoms with Crippen molar-refractivity contribution >= 4 is 0 Å². The SMILES string of the molecule is CC(C)C1CC(O)C2(C)CC12. The lowest BCUT2D eigenvalue weighted by Crippen LogP contribution is -2.15. The lowest BCUT2D eigenvalue weighted by molar-refractivity contribution is 0.107. The summed E-state index contributed by atoms with van der Waals surface area (Å²) in [6.07, 6.45) is 2.33. The Kier molecular flexibility index (Phi) is 1.39. The zero-order valence-electron chi connectivity index (χ0n) is 7.67. The smallest absolute Gasteiger partial charge is 0.0599 e. The fraction of sp³-hybridized carbons (Fsp3) is 1.00. The zero-order valence-corrected chi connectivity index (χ0v) is 7.67. The molecule has 2 saturated carbocycles. The van der Waals surface area contributed by atoms with Gasteiger partial charge in [0.25, 0.3) is 0 Å². The molecule has 1 nitrogen and oxygen atoms in total. The molecule has 0 bridgehead atoms. The third-order valence-electron chi connectivity index (χ3n) is 3.98. The van der Waals surface area contributed by atoms with Crippen LogP contribution in [0.3, 0.4) is 0 Å². The first-order valence-corrected chi connectivity index (χ1v) is 4.74. The molecular formula is C10H18O. The van der Waals surface area contributed by atoms with Gasteiger partial charge in [0, 0.05) is 0 Å². The maximum atomic E-state index is 9.72. The summed E-state index contributed by atoms with van der Waals surface area (Å²) >= 11 is 0. The fourth-order valence-electron chi connectivity index (χ4n) is 2.87. The van der Waals surface area contributed by atoms with Gasteiger partial charge in [0.15, 0.2) is 0 Å². The average molecular weight is 154 g/mol. The van der Waals surface area contributed by atoms with Crippen molar-refractivity contribution in [3.8, 4) is 0 Å². The van der Waals surface area contributed by atoms with E-state index in [0.717, 1.165) is 24.2 Å². The van der Waals surface area contributed by atoms with Crippen molar-refractivity contribution in [2.24, 2.45) is 23.2 Å². The molecule has 0 amide bonds. The van der Waals surface area contributed by atoms with Crippen molar-refractivity contribution < 1.29 is 5.11 Å². The quantitative estimate of drug-likeness (QED) is 0.613. The van der Waals surface area contributed by atoms with E-state index in [1.807, 2.05) is 0 Å². The fourth-order valence-corrected chi connectivity index (χ4v) is 2.87. The Morgan fingerprint density at radius 1 is 1.45 bits per heavy atom. The van der Waals surface area contributed by atoms with Gasteiger partial charge < -0.3 is 5.11 Å². The van der Waals surface area contributed by atoms with Crippen LogP contribution in [0.2, 0.25) is 0 Å². The van der Waals surface area contributed by atoms with Gasteiger partial charge in [-0.1, -0.05) is 20.8 Å². The third-order valence-corrected chi connectivity index (χ3v) is 3.98. The first kappa shape index (κ1) is 7.60. The molecule has 64 valence electrons. The van der Waals surface area contributed by atoms with Gasteiger partial charge in [-0.05, 0) is 36.0 Å². The van der Waals surface area contributed by atoms with Gasteiger partial charge in [-0.25, -0.2) is 0 Å². The maximum Gasteiger partial charge on any atom is 0.0599 e. The molecule has 1 heteroatoms. The standard InChI is InChI=1S/C10H18O/c1-6(2)7-4-9(11)10(3)5-8(7)10/h6-9,11H,4-5H2,1-3H3. The molecule has 0 saturated heterocycles. The number of hydrogen-bond donors (Lipinski definition) is 1. The summed E-state index contributed by atoms with van der Waals surface area (Å²) in [5.74, 6) is 2.41. The summed E-state index contributed by atoms with van der Waals surface area (Å²) < 4.78 is 0. The third kappa shape index (κ3) is 0.868. The molecule has 2 aliphatic rings. The van der Waals surface area contributed by atoms with E-state index >= 15 is 0 Å². The average Bonchev–Trinajstić information content (AvgIpc) is 2.51. The molecule has 0 aromatic rings. The van der Waals surface area contributed by atoms with Gasteiger partial charge in [-0.15, -0.1) is 0 Å². The molecule has 0 spiro atoms. The van der Waals surface area contributed by atoms with Crippen molar-refractivity contribution in [1.29, 1.82) is 0 Å². The van der Waals surface area contributed by atoms with Crippen LogP contribution in [0.15, 0.2) is 0 Å². The van der Waals surface area contributed by atoms with Crippen LogP contribution in [0.25, 0.3) is 0 Å². The maximum absolute atomic E-state index is 9.72. The van der Waals surface area contributed by atoms with Crippen molar-refractivity contribution in [2.75, 3.05) is 0 Å². The van der Waals surface area contributed by atoms with Crippen LogP contribution in [0, 0.1) is 23.2 Å². The Morgan fingerprint density at radius 3 is 2.27 bits per heavy atom. The minimum atomic E-state index is -0.0000926. The highest BCUT2D eigenvalue weighted by Gasteiger charge is 2.63. The largest absolute Gasteiger partial charge is 0.393 e. The molecule has 0 aromatic carbocycles. The second-order valence-electron chi connectivity index (χ2n) is 4.98. The molecule has 4 atom stereocenters. The Morgan fingerprint density at radius 2 is 2.09 bits per heavy atom. The van der Waals surface area contributed by atoms with E-state index in [1.165, 1.54) is 6.42 Å². The summed E-state index contributed by atoms with van der Waals surface area (Å²) in [6.45, 7) is 6.80. The highest BCUT2D eigenvalue weighted by atomic mass is 16.3. The summed E-state index contributed by atoms with van der Waals surface area (Å²) in [5, 5.41) is 9.72. The Balaban J connectivity index is 2.10. The molecule has 0 heterocycles. The van der Waals surface area contributed by atoms with E-state index in [1.54, 1.807) is 0 Å². The Hall–Kier alpha value is -0.0400. The lowest BCUT2D eigenvalue weighted by atomic mass is 9.91. The second kappa shape index (κ2) is 2.01. The summed E-state index contributed by atoms with van der Waals surface area (Å²) in [4.78, 5) is 0. The zero-order chi connectivity index (χ0) is 8.22. The van der Waals surface area contributed by atoms with E-state index in [-0.39, 0.29) is 6.10 Å². The van der Waals surface area contributed by atoms with Gasteiger partial charge in [-0.2, -0.15) is 0 Å². The minimum absolute atomic E-state index is 0.0000926. The lowest BCUT2D eigenvalue weighted by Gasteiger charge is -2.16. The van der Waals surface area contributed by atoms with Gasteiger partial charge >= 0.3 is 0 Å². The van der Waals surface area contributed by atoms with Crippen LogP contribution in [0.5, 0.6) is 0 Å². The first-order chi connectivity index (χ1) is 5.05. The Labute approximate surface area is 68.8 Å². The molecule has 0 radical (unpaired) electrons. The van der Waals surface area contributed by atoms with E-state index < -0.39 is 0 Å². The van der Waals surface area contributed by atoms with E-state index in [2.05, 4.69) is 20.8 Å². The molecule has 11 heavy (non-hydrogen) atoms. The molecule has 2 aliphatic carbocycles. The van der Waals surface area contributed by atoms with Crippen LogP contribution >= 0.6 is 0 Å².